The lowest BCUT2D eigenvalue weighted by atomic mass is 10.1. The number of amides is 1. The largest absolute Gasteiger partial charge is 0.497 e. The number of carbonyl (C=O) groups excluding carboxylic acids is 1. The number of methoxy groups -OCH3 is 1. The number of hydrogen-bond donors (Lipinski definition) is 1. The molecule has 0 aliphatic heterocycles. The number of carbonyl (C=O) groups is 1. The minimum Gasteiger partial charge on any atom is -0.497 e. The summed E-state index contributed by atoms with van der Waals surface area (Å²) < 4.78 is 16.6. The summed E-state index contributed by atoms with van der Waals surface area (Å²) in [5.41, 5.74) is 5.72. The highest BCUT2D eigenvalue weighted by Gasteiger charge is 2.20. The van der Waals surface area contributed by atoms with E-state index in [1.54, 1.807) is 7.11 Å². The average Bonchev–Trinajstić information content (AvgIpc) is 2.59. The van der Waals surface area contributed by atoms with Gasteiger partial charge in [-0.15, -0.1) is 0 Å². The maximum absolute atomic E-state index is 10.9. The van der Waals surface area contributed by atoms with Gasteiger partial charge in [-0.25, -0.2) is 9.97 Å². The molecule has 0 atom stereocenters. The van der Waals surface area contributed by atoms with Gasteiger partial charge in [0, 0.05) is 0 Å². The van der Waals surface area contributed by atoms with Crippen molar-refractivity contribution in [3.8, 4) is 11.6 Å². The summed E-state index contributed by atoms with van der Waals surface area (Å²) in [5.74, 6) is 0.484. The number of nitrogens with zero attached hydrogens (tertiary/aromatic N) is 2. The molecule has 0 bridgehead atoms. The molecule has 0 spiro atoms. The number of aromatic nitrogens is 2. The fourth-order valence-electron chi connectivity index (χ4n) is 1.81. The zero-order chi connectivity index (χ0) is 17.6. The number of ether oxygens (including phenoxy) is 3. The first-order valence-corrected chi connectivity index (χ1v) is 7.41. The molecule has 1 aromatic heterocycles. The maximum Gasteiger partial charge on any atom is 0.268 e. The van der Waals surface area contributed by atoms with Crippen LogP contribution < -0.4 is 15.2 Å². The Balaban J connectivity index is 1.84. The van der Waals surface area contributed by atoms with Crippen LogP contribution in [-0.2, 0) is 11.3 Å². The van der Waals surface area contributed by atoms with E-state index in [2.05, 4.69) is 9.97 Å². The second-order valence-corrected chi connectivity index (χ2v) is 5.79. The van der Waals surface area contributed by atoms with Crippen molar-refractivity contribution >= 4 is 5.91 Å². The van der Waals surface area contributed by atoms with E-state index in [-0.39, 0.29) is 12.3 Å². The van der Waals surface area contributed by atoms with E-state index >= 15 is 0 Å². The number of benzene rings is 1. The smallest absolute Gasteiger partial charge is 0.268 e. The van der Waals surface area contributed by atoms with Crippen LogP contribution in [0, 0.1) is 0 Å². The number of rotatable bonds is 8. The monoisotopic (exact) mass is 331 g/mol. The van der Waals surface area contributed by atoms with Gasteiger partial charge in [0.05, 0.1) is 31.7 Å². The van der Waals surface area contributed by atoms with E-state index in [0.29, 0.717) is 12.5 Å². The molecule has 0 unspecified atom stereocenters. The Bertz CT molecular complexity index is 669. The average molecular weight is 331 g/mol. The van der Waals surface area contributed by atoms with Crippen molar-refractivity contribution in [1.82, 2.24) is 9.97 Å². The van der Waals surface area contributed by atoms with Crippen LogP contribution in [0.15, 0.2) is 36.7 Å². The normalized spacial score (nSPS) is 11.1. The summed E-state index contributed by atoms with van der Waals surface area (Å²) in [6.45, 7) is 4.57. The van der Waals surface area contributed by atoms with Crippen LogP contribution in [-0.4, -0.2) is 35.2 Å². The third-order valence-electron chi connectivity index (χ3n) is 3.24. The molecule has 2 N–H and O–H groups in total. The van der Waals surface area contributed by atoms with Crippen LogP contribution in [0.3, 0.4) is 0 Å². The predicted octanol–water partition coefficient (Wildman–Crippen LogP) is 1.96. The second kappa shape index (κ2) is 7.74. The third-order valence-corrected chi connectivity index (χ3v) is 3.24. The first-order valence-electron chi connectivity index (χ1n) is 7.41. The van der Waals surface area contributed by atoms with Gasteiger partial charge in [-0.05, 0) is 31.5 Å². The SMILES string of the molecule is COc1ccc(COC(C)(C)COc2cnc(C(N)=O)cn2)cc1. The van der Waals surface area contributed by atoms with Gasteiger partial charge in [-0.2, -0.15) is 0 Å². The fraction of sp³-hybridized carbons (Fsp3) is 0.353. The molecule has 2 aromatic rings. The summed E-state index contributed by atoms with van der Waals surface area (Å²) in [7, 11) is 1.63. The lowest BCUT2D eigenvalue weighted by molar-refractivity contribution is -0.0578. The minimum atomic E-state index is -0.628. The molecule has 1 amide bonds. The van der Waals surface area contributed by atoms with E-state index in [9.17, 15) is 4.79 Å². The Morgan fingerprint density at radius 1 is 1.17 bits per heavy atom. The van der Waals surface area contributed by atoms with Gasteiger partial charge < -0.3 is 19.9 Å². The zero-order valence-corrected chi connectivity index (χ0v) is 14.0. The third kappa shape index (κ3) is 5.20. The maximum atomic E-state index is 10.9. The molecule has 1 aromatic carbocycles. The van der Waals surface area contributed by atoms with Gasteiger partial charge >= 0.3 is 0 Å². The molecule has 0 saturated carbocycles. The van der Waals surface area contributed by atoms with Crippen LogP contribution in [0.1, 0.15) is 29.9 Å². The van der Waals surface area contributed by atoms with Crippen molar-refractivity contribution in [3.63, 3.8) is 0 Å². The van der Waals surface area contributed by atoms with E-state index in [4.69, 9.17) is 19.9 Å². The number of nitrogens with two attached hydrogens (primary N) is 1. The molecule has 7 heteroatoms. The topological polar surface area (TPSA) is 96.6 Å². The highest BCUT2D eigenvalue weighted by molar-refractivity contribution is 5.90. The fourth-order valence-corrected chi connectivity index (χ4v) is 1.81. The van der Waals surface area contributed by atoms with E-state index in [1.165, 1.54) is 12.4 Å². The molecular formula is C17H21N3O4. The van der Waals surface area contributed by atoms with Crippen molar-refractivity contribution in [2.24, 2.45) is 5.73 Å². The van der Waals surface area contributed by atoms with Crippen molar-refractivity contribution in [3.05, 3.63) is 47.9 Å². The van der Waals surface area contributed by atoms with Crippen molar-refractivity contribution in [2.45, 2.75) is 26.1 Å². The molecule has 0 saturated heterocycles. The van der Waals surface area contributed by atoms with E-state index in [0.717, 1.165) is 11.3 Å². The Labute approximate surface area is 140 Å². The standard InChI is InChI=1S/C17H21N3O4/c1-17(2,24-10-12-4-6-13(22-3)7-5-12)11-23-15-9-19-14(8-20-15)16(18)21/h4-9H,10-11H2,1-3H3,(H2,18,21). The summed E-state index contributed by atoms with van der Waals surface area (Å²) in [5, 5.41) is 0. The van der Waals surface area contributed by atoms with Gasteiger partial charge in [0.15, 0.2) is 0 Å². The molecular weight excluding hydrogens is 310 g/mol. The zero-order valence-electron chi connectivity index (χ0n) is 14.0. The summed E-state index contributed by atoms with van der Waals surface area (Å²) in [6.07, 6.45) is 2.64. The summed E-state index contributed by atoms with van der Waals surface area (Å²) >= 11 is 0. The van der Waals surface area contributed by atoms with Gasteiger partial charge in [-0.1, -0.05) is 12.1 Å². The molecule has 0 aliphatic rings. The van der Waals surface area contributed by atoms with Crippen LogP contribution in [0.5, 0.6) is 11.6 Å². The van der Waals surface area contributed by atoms with Gasteiger partial charge in [0.1, 0.15) is 18.1 Å². The van der Waals surface area contributed by atoms with Crippen molar-refractivity contribution in [1.29, 1.82) is 0 Å². The van der Waals surface area contributed by atoms with Gasteiger partial charge in [-0.3, -0.25) is 4.79 Å². The molecule has 2 rings (SSSR count). The lowest BCUT2D eigenvalue weighted by Crippen LogP contribution is -2.32. The Hall–Kier alpha value is -2.67. The second-order valence-electron chi connectivity index (χ2n) is 5.79. The Kier molecular flexibility index (Phi) is 5.70. The Morgan fingerprint density at radius 2 is 1.88 bits per heavy atom. The highest BCUT2D eigenvalue weighted by atomic mass is 16.5. The predicted molar refractivity (Wildman–Crippen MR) is 87.9 cm³/mol. The lowest BCUT2D eigenvalue weighted by Gasteiger charge is -2.25. The summed E-state index contributed by atoms with van der Waals surface area (Å²) in [4.78, 5) is 18.8. The quantitative estimate of drug-likeness (QED) is 0.794. The first kappa shape index (κ1) is 17.7. The van der Waals surface area contributed by atoms with Gasteiger partial charge in [0.2, 0.25) is 5.88 Å². The van der Waals surface area contributed by atoms with E-state index < -0.39 is 11.5 Å². The molecule has 24 heavy (non-hydrogen) atoms. The minimum absolute atomic E-state index is 0.0948. The molecule has 0 fully saturated rings. The highest BCUT2D eigenvalue weighted by Crippen LogP contribution is 2.17. The first-order chi connectivity index (χ1) is 11.4. The molecule has 7 nitrogen and oxygen atoms in total. The van der Waals surface area contributed by atoms with Gasteiger partial charge in [0.25, 0.3) is 5.91 Å². The summed E-state index contributed by atoms with van der Waals surface area (Å²) in [6, 6.07) is 7.67. The van der Waals surface area contributed by atoms with E-state index in [1.807, 2.05) is 38.1 Å². The van der Waals surface area contributed by atoms with Crippen LogP contribution in [0.25, 0.3) is 0 Å². The van der Waals surface area contributed by atoms with Crippen LogP contribution in [0.4, 0.5) is 0 Å². The van der Waals surface area contributed by atoms with Crippen LogP contribution >= 0.6 is 0 Å². The molecule has 0 aliphatic carbocycles. The number of hydrogen-bond acceptors (Lipinski definition) is 6. The molecule has 0 radical (unpaired) electrons. The number of primary amides is 1. The molecule has 128 valence electrons. The Morgan fingerprint density at radius 3 is 2.42 bits per heavy atom. The molecule has 1 heterocycles. The van der Waals surface area contributed by atoms with Crippen molar-refractivity contribution < 1.29 is 19.0 Å². The van der Waals surface area contributed by atoms with Crippen LogP contribution in [0.2, 0.25) is 0 Å². The van der Waals surface area contributed by atoms with Crippen molar-refractivity contribution in [2.75, 3.05) is 13.7 Å².